The van der Waals surface area contributed by atoms with Gasteiger partial charge in [0.2, 0.25) is 0 Å². The van der Waals surface area contributed by atoms with E-state index in [1.165, 1.54) is 12.1 Å². The van der Waals surface area contributed by atoms with E-state index in [0.29, 0.717) is 26.2 Å². The quantitative estimate of drug-likeness (QED) is 0.442. The normalized spacial score (nSPS) is 10.4. The number of carbonyl (C=O) groups excluding carboxylic acids is 1. The van der Waals surface area contributed by atoms with Crippen molar-refractivity contribution in [1.82, 2.24) is 0 Å². The third-order valence-corrected chi connectivity index (χ3v) is 2.33. The predicted octanol–water partition coefficient (Wildman–Crippen LogP) is 1.62. The summed E-state index contributed by atoms with van der Waals surface area (Å²) in [6.07, 6.45) is 0.580. The van der Waals surface area contributed by atoms with Gasteiger partial charge in [-0.05, 0) is 18.2 Å². The van der Waals surface area contributed by atoms with Gasteiger partial charge in [0.25, 0.3) is 0 Å². The highest BCUT2D eigenvalue weighted by Crippen LogP contribution is 2.14. The summed E-state index contributed by atoms with van der Waals surface area (Å²) in [5.41, 5.74) is 5.77. The Hall–Kier alpha value is -1.66. The fraction of sp³-hybridized carbons (Fsp3) is 0.462. The molecule has 0 aliphatic carbocycles. The van der Waals surface area contributed by atoms with Crippen LogP contribution in [-0.4, -0.2) is 39.5 Å². The molecular weight excluding hydrogens is 253 g/mol. The van der Waals surface area contributed by atoms with Crippen LogP contribution in [0, 0.1) is 5.82 Å². The molecule has 5 nitrogen and oxygen atoms in total. The first kappa shape index (κ1) is 15.4. The number of hydrogen-bond acceptors (Lipinski definition) is 5. The van der Waals surface area contributed by atoms with E-state index in [1.54, 1.807) is 7.11 Å². The molecule has 0 aromatic heterocycles. The molecule has 0 bridgehead atoms. The average Bonchev–Trinajstić information content (AvgIpc) is 2.37. The lowest BCUT2D eigenvalue weighted by atomic mass is 10.2. The van der Waals surface area contributed by atoms with E-state index in [9.17, 15) is 9.18 Å². The number of anilines is 1. The predicted molar refractivity (Wildman–Crippen MR) is 68.4 cm³/mol. The minimum absolute atomic E-state index is 0.0707. The van der Waals surface area contributed by atoms with Crippen molar-refractivity contribution in [2.45, 2.75) is 6.42 Å². The van der Waals surface area contributed by atoms with E-state index in [2.05, 4.69) is 0 Å². The molecule has 0 aliphatic rings. The SMILES string of the molecule is COCCOCCCOC(=O)c1ccc(F)cc1N. The molecule has 6 heteroatoms. The summed E-state index contributed by atoms with van der Waals surface area (Å²) in [7, 11) is 1.60. The summed E-state index contributed by atoms with van der Waals surface area (Å²) in [6, 6.07) is 3.56. The number of hydrogen-bond donors (Lipinski definition) is 1. The molecule has 2 N–H and O–H groups in total. The van der Waals surface area contributed by atoms with Gasteiger partial charge in [0.05, 0.1) is 25.4 Å². The number of nitrogen functional groups attached to an aromatic ring is 1. The summed E-state index contributed by atoms with van der Waals surface area (Å²) in [5, 5.41) is 0. The van der Waals surface area contributed by atoms with Crippen LogP contribution in [0.5, 0.6) is 0 Å². The Balaban J connectivity index is 2.24. The second-order valence-corrected chi connectivity index (χ2v) is 3.83. The lowest BCUT2D eigenvalue weighted by Gasteiger charge is -2.07. The van der Waals surface area contributed by atoms with Crippen LogP contribution in [-0.2, 0) is 14.2 Å². The molecule has 1 aromatic rings. The van der Waals surface area contributed by atoms with Crippen LogP contribution in [0.2, 0.25) is 0 Å². The fourth-order valence-electron chi connectivity index (χ4n) is 1.37. The Kier molecular flexibility index (Phi) is 6.84. The maximum atomic E-state index is 12.8. The van der Waals surface area contributed by atoms with E-state index in [-0.39, 0.29) is 17.9 Å². The van der Waals surface area contributed by atoms with Crippen LogP contribution in [0.4, 0.5) is 10.1 Å². The summed E-state index contributed by atoms with van der Waals surface area (Å²) < 4.78 is 27.8. The second-order valence-electron chi connectivity index (χ2n) is 3.83. The maximum Gasteiger partial charge on any atom is 0.340 e. The number of rotatable bonds is 8. The Labute approximate surface area is 111 Å². The molecule has 0 aliphatic heterocycles. The van der Waals surface area contributed by atoms with Crippen LogP contribution in [0.3, 0.4) is 0 Å². The fourth-order valence-corrected chi connectivity index (χ4v) is 1.37. The summed E-state index contributed by atoms with van der Waals surface area (Å²) in [4.78, 5) is 11.6. The van der Waals surface area contributed by atoms with E-state index in [0.717, 1.165) is 6.07 Å². The molecule has 19 heavy (non-hydrogen) atoms. The van der Waals surface area contributed by atoms with Crippen molar-refractivity contribution in [3.8, 4) is 0 Å². The van der Waals surface area contributed by atoms with Crippen molar-refractivity contribution in [3.05, 3.63) is 29.6 Å². The Bertz CT molecular complexity index is 412. The third-order valence-electron chi connectivity index (χ3n) is 2.33. The van der Waals surface area contributed by atoms with Gasteiger partial charge in [-0.3, -0.25) is 0 Å². The molecule has 0 heterocycles. The van der Waals surface area contributed by atoms with Gasteiger partial charge in [0, 0.05) is 25.8 Å². The minimum Gasteiger partial charge on any atom is -0.462 e. The molecule has 0 fully saturated rings. The first-order valence-electron chi connectivity index (χ1n) is 5.94. The molecule has 0 spiro atoms. The lowest BCUT2D eigenvalue weighted by molar-refractivity contribution is 0.0386. The molecule has 0 unspecified atom stereocenters. The minimum atomic E-state index is -0.561. The Morgan fingerprint density at radius 2 is 2.05 bits per heavy atom. The summed E-state index contributed by atoms with van der Waals surface area (Å²) in [6.45, 7) is 1.75. The smallest absolute Gasteiger partial charge is 0.340 e. The van der Waals surface area contributed by atoms with Crippen molar-refractivity contribution < 1.29 is 23.4 Å². The second kappa shape index (κ2) is 8.44. The molecule has 0 saturated heterocycles. The molecule has 0 saturated carbocycles. The van der Waals surface area contributed by atoms with E-state index < -0.39 is 11.8 Å². The van der Waals surface area contributed by atoms with Gasteiger partial charge in [-0.25, -0.2) is 9.18 Å². The number of carbonyl (C=O) groups is 1. The van der Waals surface area contributed by atoms with Gasteiger partial charge in [0.15, 0.2) is 0 Å². The van der Waals surface area contributed by atoms with Gasteiger partial charge in [0.1, 0.15) is 5.82 Å². The number of ether oxygens (including phenoxy) is 3. The largest absolute Gasteiger partial charge is 0.462 e. The average molecular weight is 271 g/mol. The van der Waals surface area contributed by atoms with Crippen molar-refractivity contribution in [2.75, 3.05) is 39.3 Å². The third kappa shape index (κ3) is 5.67. The summed E-state index contributed by atoms with van der Waals surface area (Å²) >= 11 is 0. The number of halogens is 1. The molecule has 0 radical (unpaired) electrons. The highest BCUT2D eigenvalue weighted by atomic mass is 19.1. The van der Waals surface area contributed by atoms with E-state index >= 15 is 0 Å². The van der Waals surface area contributed by atoms with Gasteiger partial charge in [-0.1, -0.05) is 0 Å². The van der Waals surface area contributed by atoms with Crippen molar-refractivity contribution >= 4 is 11.7 Å². The number of benzene rings is 1. The van der Waals surface area contributed by atoms with Crippen molar-refractivity contribution in [3.63, 3.8) is 0 Å². The zero-order chi connectivity index (χ0) is 14.1. The first-order valence-corrected chi connectivity index (χ1v) is 5.94. The first-order chi connectivity index (χ1) is 9.15. The molecular formula is C13H18FNO4. The van der Waals surface area contributed by atoms with Crippen LogP contribution in [0.1, 0.15) is 16.8 Å². The highest BCUT2D eigenvalue weighted by Gasteiger charge is 2.11. The van der Waals surface area contributed by atoms with Crippen molar-refractivity contribution in [2.24, 2.45) is 0 Å². The van der Waals surface area contributed by atoms with Gasteiger partial charge in [-0.2, -0.15) is 0 Å². The standard InChI is InChI=1S/C13H18FNO4/c1-17-7-8-18-5-2-6-19-13(16)11-4-3-10(14)9-12(11)15/h3-4,9H,2,5-8,15H2,1H3. The van der Waals surface area contributed by atoms with E-state index in [4.69, 9.17) is 19.9 Å². The molecule has 0 amide bonds. The molecule has 1 aromatic carbocycles. The van der Waals surface area contributed by atoms with Gasteiger partial charge < -0.3 is 19.9 Å². The monoisotopic (exact) mass is 271 g/mol. The molecule has 106 valence electrons. The van der Waals surface area contributed by atoms with Gasteiger partial charge in [-0.15, -0.1) is 0 Å². The molecule has 0 atom stereocenters. The Morgan fingerprint density at radius 1 is 1.26 bits per heavy atom. The van der Waals surface area contributed by atoms with Gasteiger partial charge >= 0.3 is 5.97 Å². The lowest BCUT2D eigenvalue weighted by Crippen LogP contribution is -2.11. The zero-order valence-corrected chi connectivity index (χ0v) is 10.9. The van der Waals surface area contributed by atoms with Crippen LogP contribution >= 0.6 is 0 Å². The number of methoxy groups -OCH3 is 1. The van der Waals surface area contributed by atoms with Crippen LogP contribution in [0.25, 0.3) is 0 Å². The summed E-state index contributed by atoms with van der Waals surface area (Å²) in [5.74, 6) is -1.05. The highest BCUT2D eigenvalue weighted by molar-refractivity contribution is 5.94. The number of esters is 1. The zero-order valence-electron chi connectivity index (χ0n) is 10.9. The number of nitrogens with two attached hydrogens (primary N) is 1. The van der Waals surface area contributed by atoms with Crippen LogP contribution in [0.15, 0.2) is 18.2 Å². The van der Waals surface area contributed by atoms with Crippen molar-refractivity contribution in [1.29, 1.82) is 0 Å². The topological polar surface area (TPSA) is 70.8 Å². The van der Waals surface area contributed by atoms with Crippen LogP contribution < -0.4 is 5.73 Å². The van der Waals surface area contributed by atoms with E-state index in [1.807, 2.05) is 0 Å². The Morgan fingerprint density at radius 3 is 2.74 bits per heavy atom. The maximum absolute atomic E-state index is 12.8. The molecule has 1 rings (SSSR count).